The number of nitrogens with one attached hydrogen (secondary N) is 1. The van der Waals surface area contributed by atoms with Crippen molar-refractivity contribution in [1.82, 2.24) is 0 Å². The fourth-order valence-electron chi connectivity index (χ4n) is 0.186. The van der Waals surface area contributed by atoms with Crippen molar-refractivity contribution in [3.63, 3.8) is 0 Å². The van der Waals surface area contributed by atoms with E-state index in [9.17, 15) is 0 Å². The first kappa shape index (κ1) is 6.98. The molecule has 0 rings (SSSR count). The van der Waals surface area contributed by atoms with E-state index in [4.69, 9.17) is 11.1 Å². The smallest absolute Gasteiger partial charge is 0.0803 e. The molecule has 1 unspecified atom stereocenters. The summed E-state index contributed by atoms with van der Waals surface area (Å²) in [6.07, 6.45) is 1.85. The highest BCUT2D eigenvalue weighted by molar-refractivity contribution is 8.13. The van der Waals surface area contributed by atoms with Gasteiger partial charge in [-0.3, -0.25) is 5.41 Å². The van der Waals surface area contributed by atoms with Crippen LogP contribution in [0.25, 0.3) is 0 Å². The minimum absolute atomic E-state index is 0.0880. The van der Waals surface area contributed by atoms with Crippen molar-refractivity contribution in [3.8, 4) is 0 Å². The second kappa shape index (κ2) is 3.04. The predicted molar refractivity (Wildman–Crippen MR) is 34.9 cm³/mol. The van der Waals surface area contributed by atoms with Crippen LogP contribution in [0, 0.1) is 5.41 Å². The third-order valence-electron chi connectivity index (χ3n) is 0.633. The Morgan fingerprint density at radius 3 is 2.29 bits per heavy atom. The summed E-state index contributed by atoms with van der Waals surface area (Å²) < 4.78 is 0. The van der Waals surface area contributed by atoms with E-state index in [0.29, 0.717) is 5.04 Å². The number of hydrogen-bond donors (Lipinski definition) is 2. The number of thioether (sulfide) groups is 1. The van der Waals surface area contributed by atoms with Crippen LogP contribution in [0.5, 0.6) is 0 Å². The van der Waals surface area contributed by atoms with Gasteiger partial charge < -0.3 is 5.73 Å². The van der Waals surface area contributed by atoms with Gasteiger partial charge in [-0.15, -0.1) is 11.8 Å². The van der Waals surface area contributed by atoms with Crippen molar-refractivity contribution in [3.05, 3.63) is 0 Å². The molecule has 7 heavy (non-hydrogen) atoms. The Labute approximate surface area is 48.0 Å². The van der Waals surface area contributed by atoms with E-state index in [0.717, 1.165) is 0 Å². The second-order valence-corrected chi connectivity index (χ2v) is 2.21. The van der Waals surface area contributed by atoms with E-state index in [1.54, 1.807) is 6.92 Å². The summed E-state index contributed by atoms with van der Waals surface area (Å²) in [5.74, 6) is 0. The van der Waals surface area contributed by atoms with E-state index in [-0.39, 0.29) is 6.04 Å². The van der Waals surface area contributed by atoms with Gasteiger partial charge >= 0.3 is 0 Å². The quantitative estimate of drug-likeness (QED) is 0.393. The fraction of sp³-hybridized carbons (Fsp3) is 0.750. The molecule has 42 valence electrons. The Morgan fingerprint density at radius 1 is 1.86 bits per heavy atom. The summed E-state index contributed by atoms with van der Waals surface area (Å²) in [4.78, 5) is 0. The Bertz CT molecular complexity index is 70.1. The van der Waals surface area contributed by atoms with Gasteiger partial charge in [-0.25, -0.2) is 0 Å². The van der Waals surface area contributed by atoms with Crippen LogP contribution in [0.3, 0.4) is 0 Å². The standard InChI is InChI=1S/C4H10N2S/c1-3(5)4(6)7-2/h3,6H,5H2,1-2H3. The van der Waals surface area contributed by atoms with Gasteiger partial charge in [0.25, 0.3) is 0 Å². The zero-order chi connectivity index (χ0) is 5.86. The van der Waals surface area contributed by atoms with Gasteiger partial charge in [0.1, 0.15) is 0 Å². The zero-order valence-electron chi connectivity index (χ0n) is 4.56. The molecule has 0 saturated heterocycles. The number of rotatable bonds is 1. The number of hydrogen-bond acceptors (Lipinski definition) is 3. The summed E-state index contributed by atoms with van der Waals surface area (Å²) in [6, 6.07) is -0.0880. The molecule has 0 aliphatic rings. The molecule has 0 aromatic carbocycles. The molecule has 0 fully saturated rings. The van der Waals surface area contributed by atoms with Crippen molar-refractivity contribution in [2.45, 2.75) is 13.0 Å². The van der Waals surface area contributed by atoms with Crippen LogP contribution >= 0.6 is 11.8 Å². The van der Waals surface area contributed by atoms with E-state index in [2.05, 4.69) is 0 Å². The minimum atomic E-state index is -0.0880. The molecule has 0 aliphatic carbocycles. The molecule has 0 amide bonds. The van der Waals surface area contributed by atoms with Crippen LogP contribution in [-0.2, 0) is 0 Å². The molecule has 0 saturated carbocycles. The SMILES string of the molecule is CSC(=N)C(C)N. The average molecular weight is 118 g/mol. The molecular weight excluding hydrogens is 108 g/mol. The normalized spacial score (nSPS) is 13.6. The summed E-state index contributed by atoms with van der Waals surface area (Å²) in [5, 5.41) is 7.57. The van der Waals surface area contributed by atoms with Gasteiger partial charge in [-0.1, -0.05) is 0 Å². The lowest BCUT2D eigenvalue weighted by molar-refractivity contribution is 0.982. The molecule has 0 radical (unpaired) electrons. The lowest BCUT2D eigenvalue weighted by Crippen LogP contribution is -2.22. The Hall–Kier alpha value is -0.0200. The third kappa shape index (κ3) is 2.65. The average Bonchev–Trinajstić information content (AvgIpc) is 1.65. The molecule has 0 spiro atoms. The monoisotopic (exact) mass is 118 g/mol. The topological polar surface area (TPSA) is 49.9 Å². The van der Waals surface area contributed by atoms with E-state index >= 15 is 0 Å². The molecular formula is C4H10N2S. The van der Waals surface area contributed by atoms with Crippen molar-refractivity contribution in [2.75, 3.05) is 6.26 Å². The summed E-state index contributed by atoms with van der Waals surface area (Å²) in [6.45, 7) is 1.80. The van der Waals surface area contributed by atoms with Crippen LogP contribution < -0.4 is 5.73 Å². The Morgan fingerprint density at radius 2 is 2.29 bits per heavy atom. The molecule has 3 heteroatoms. The van der Waals surface area contributed by atoms with Gasteiger partial charge in [0.05, 0.1) is 5.04 Å². The first-order chi connectivity index (χ1) is 3.18. The van der Waals surface area contributed by atoms with Gasteiger partial charge in [0.2, 0.25) is 0 Å². The maximum absolute atomic E-state index is 7.03. The van der Waals surface area contributed by atoms with Crippen LogP contribution in [0.15, 0.2) is 0 Å². The predicted octanol–water partition coefficient (Wildman–Crippen LogP) is 0.674. The van der Waals surface area contributed by atoms with Gasteiger partial charge in [0, 0.05) is 6.04 Å². The van der Waals surface area contributed by atoms with Crippen molar-refractivity contribution < 1.29 is 0 Å². The van der Waals surface area contributed by atoms with E-state index in [1.807, 2.05) is 6.26 Å². The highest BCUT2D eigenvalue weighted by Gasteiger charge is 1.97. The Balaban J connectivity index is 3.35. The summed E-state index contributed by atoms with van der Waals surface area (Å²) in [7, 11) is 0. The first-order valence-electron chi connectivity index (χ1n) is 2.06. The van der Waals surface area contributed by atoms with Gasteiger partial charge in [0.15, 0.2) is 0 Å². The molecule has 1 atom stereocenters. The molecule has 0 heterocycles. The van der Waals surface area contributed by atoms with Crippen molar-refractivity contribution in [1.29, 1.82) is 5.41 Å². The van der Waals surface area contributed by atoms with Crippen LogP contribution in [0.1, 0.15) is 6.92 Å². The molecule has 0 bridgehead atoms. The van der Waals surface area contributed by atoms with E-state index in [1.165, 1.54) is 11.8 Å². The second-order valence-electron chi connectivity index (χ2n) is 1.36. The maximum Gasteiger partial charge on any atom is 0.0803 e. The third-order valence-corrected chi connectivity index (χ3v) is 1.45. The molecule has 2 nitrogen and oxygen atoms in total. The number of nitrogens with two attached hydrogens (primary N) is 1. The molecule has 0 aromatic heterocycles. The molecule has 0 aromatic rings. The highest BCUT2D eigenvalue weighted by Crippen LogP contribution is 1.96. The Kier molecular flexibility index (Phi) is 3.04. The lowest BCUT2D eigenvalue weighted by Gasteiger charge is -2.00. The van der Waals surface area contributed by atoms with Gasteiger partial charge in [-0.05, 0) is 13.2 Å². The minimum Gasteiger partial charge on any atom is -0.322 e. The van der Waals surface area contributed by atoms with E-state index < -0.39 is 0 Å². The highest BCUT2D eigenvalue weighted by atomic mass is 32.2. The maximum atomic E-state index is 7.03. The molecule has 0 aliphatic heterocycles. The van der Waals surface area contributed by atoms with Crippen molar-refractivity contribution in [2.24, 2.45) is 5.73 Å². The lowest BCUT2D eigenvalue weighted by atomic mass is 10.4. The van der Waals surface area contributed by atoms with Gasteiger partial charge in [-0.2, -0.15) is 0 Å². The van der Waals surface area contributed by atoms with Crippen LogP contribution in [0.2, 0.25) is 0 Å². The summed E-state index contributed by atoms with van der Waals surface area (Å²) in [5.41, 5.74) is 5.30. The largest absolute Gasteiger partial charge is 0.322 e. The zero-order valence-corrected chi connectivity index (χ0v) is 5.38. The molecule has 3 N–H and O–H groups in total. The van der Waals surface area contributed by atoms with Crippen LogP contribution in [0.4, 0.5) is 0 Å². The summed E-state index contributed by atoms with van der Waals surface area (Å²) >= 11 is 1.39. The first-order valence-corrected chi connectivity index (χ1v) is 3.29. The van der Waals surface area contributed by atoms with Crippen molar-refractivity contribution >= 4 is 16.8 Å². The van der Waals surface area contributed by atoms with Crippen LogP contribution in [-0.4, -0.2) is 17.3 Å². The fourth-order valence-corrected chi connectivity index (χ4v) is 0.558.